The molecule has 0 radical (unpaired) electrons. The number of carboxylic acids is 1. The van der Waals surface area contributed by atoms with Crippen LogP contribution in [0.5, 0.6) is 0 Å². The first kappa shape index (κ1) is 19.9. The van der Waals surface area contributed by atoms with Crippen LogP contribution in [0.25, 0.3) is 22.0 Å². The van der Waals surface area contributed by atoms with E-state index in [-0.39, 0.29) is 16.8 Å². The van der Waals surface area contributed by atoms with Crippen LogP contribution in [0.4, 0.5) is 5.69 Å². The maximum Gasteiger partial charge on any atom is 0.337 e. The highest BCUT2D eigenvalue weighted by Gasteiger charge is 2.18. The molecule has 2 N–H and O–H groups in total. The highest BCUT2D eigenvalue weighted by molar-refractivity contribution is 6.09. The first-order valence-electron chi connectivity index (χ1n) is 9.63. The third-order valence-corrected chi connectivity index (χ3v) is 5.36. The van der Waals surface area contributed by atoms with E-state index in [0.29, 0.717) is 5.69 Å². The molecule has 6 nitrogen and oxygen atoms in total. The van der Waals surface area contributed by atoms with E-state index in [2.05, 4.69) is 24.4 Å². The average molecular weight is 409 g/mol. The highest BCUT2D eigenvalue weighted by atomic mass is 16.4. The summed E-state index contributed by atoms with van der Waals surface area (Å²) >= 11 is 0. The van der Waals surface area contributed by atoms with Gasteiger partial charge in [0.25, 0.3) is 5.91 Å². The SMILES string of the molecule is Cc1ccccc1-c1ccc2cc(C(=O)Nc3ccc(C#N)cc3C(=O)O)n(C)c2c1. The predicted molar refractivity (Wildman–Crippen MR) is 119 cm³/mol. The van der Waals surface area contributed by atoms with Gasteiger partial charge in [-0.1, -0.05) is 36.4 Å². The molecule has 6 heteroatoms. The van der Waals surface area contributed by atoms with Crippen LogP contribution in [-0.2, 0) is 7.05 Å². The van der Waals surface area contributed by atoms with Crippen LogP contribution in [0.15, 0.2) is 66.7 Å². The summed E-state index contributed by atoms with van der Waals surface area (Å²) in [4.78, 5) is 24.5. The van der Waals surface area contributed by atoms with Crippen molar-refractivity contribution >= 4 is 28.5 Å². The van der Waals surface area contributed by atoms with Gasteiger partial charge in [-0.3, -0.25) is 4.79 Å². The van der Waals surface area contributed by atoms with E-state index in [0.717, 1.165) is 27.6 Å². The normalized spacial score (nSPS) is 10.6. The zero-order valence-electron chi connectivity index (χ0n) is 17.0. The van der Waals surface area contributed by atoms with Crippen molar-refractivity contribution in [3.63, 3.8) is 0 Å². The van der Waals surface area contributed by atoms with Gasteiger partial charge in [-0.25, -0.2) is 4.79 Å². The Balaban J connectivity index is 1.72. The molecule has 0 aliphatic carbocycles. The maximum absolute atomic E-state index is 13.0. The van der Waals surface area contributed by atoms with E-state index < -0.39 is 11.9 Å². The highest BCUT2D eigenvalue weighted by Crippen LogP contribution is 2.29. The third-order valence-electron chi connectivity index (χ3n) is 5.36. The zero-order valence-corrected chi connectivity index (χ0v) is 17.0. The minimum Gasteiger partial charge on any atom is -0.478 e. The number of fused-ring (bicyclic) bond motifs is 1. The number of nitriles is 1. The summed E-state index contributed by atoms with van der Waals surface area (Å²) in [6.45, 7) is 2.06. The van der Waals surface area contributed by atoms with Crippen LogP contribution in [0.1, 0.15) is 32.0 Å². The number of anilines is 1. The Morgan fingerprint density at radius 1 is 1.03 bits per heavy atom. The molecule has 4 rings (SSSR count). The van der Waals surface area contributed by atoms with E-state index in [9.17, 15) is 14.7 Å². The first-order valence-corrected chi connectivity index (χ1v) is 9.63. The predicted octanol–water partition coefficient (Wildman–Crippen LogP) is 4.98. The molecule has 1 amide bonds. The number of aromatic nitrogens is 1. The molecular weight excluding hydrogens is 390 g/mol. The molecule has 3 aromatic carbocycles. The van der Waals surface area contributed by atoms with Crippen molar-refractivity contribution in [3.8, 4) is 17.2 Å². The van der Waals surface area contributed by atoms with Crippen molar-refractivity contribution in [1.82, 2.24) is 4.57 Å². The minimum absolute atomic E-state index is 0.131. The van der Waals surface area contributed by atoms with Gasteiger partial charge in [-0.2, -0.15) is 5.26 Å². The molecule has 0 bridgehead atoms. The maximum atomic E-state index is 13.0. The number of rotatable bonds is 4. The van der Waals surface area contributed by atoms with Crippen molar-refractivity contribution in [3.05, 3.63) is 89.1 Å². The van der Waals surface area contributed by atoms with Crippen molar-refractivity contribution in [2.24, 2.45) is 7.05 Å². The lowest BCUT2D eigenvalue weighted by Gasteiger charge is -2.10. The molecule has 31 heavy (non-hydrogen) atoms. The lowest BCUT2D eigenvalue weighted by atomic mass is 10.00. The summed E-state index contributed by atoms with van der Waals surface area (Å²) in [5, 5.41) is 22.0. The second-order valence-corrected chi connectivity index (χ2v) is 7.31. The van der Waals surface area contributed by atoms with Gasteiger partial charge in [-0.15, -0.1) is 0 Å². The Kier molecular flexibility index (Phi) is 5.02. The lowest BCUT2D eigenvalue weighted by Crippen LogP contribution is -2.17. The van der Waals surface area contributed by atoms with Crippen molar-refractivity contribution < 1.29 is 14.7 Å². The molecule has 0 fully saturated rings. The summed E-state index contributed by atoms with van der Waals surface area (Å²) in [5.74, 6) is -1.64. The van der Waals surface area contributed by atoms with Crippen LogP contribution in [0.2, 0.25) is 0 Å². The van der Waals surface area contributed by atoms with Gasteiger partial charge >= 0.3 is 5.97 Å². The van der Waals surface area contributed by atoms with E-state index in [4.69, 9.17) is 5.26 Å². The minimum atomic E-state index is -1.22. The molecule has 1 heterocycles. The van der Waals surface area contributed by atoms with Gasteiger partial charge in [0, 0.05) is 18.0 Å². The second-order valence-electron chi connectivity index (χ2n) is 7.31. The Hall–Kier alpha value is -4.37. The number of carbonyl (C=O) groups is 2. The first-order chi connectivity index (χ1) is 14.9. The van der Waals surface area contributed by atoms with E-state index in [1.807, 2.05) is 36.4 Å². The quantitative estimate of drug-likeness (QED) is 0.497. The number of amides is 1. The van der Waals surface area contributed by atoms with Crippen LogP contribution in [0, 0.1) is 18.3 Å². The molecule has 0 unspecified atom stereocenters. The van der Waals surface area contributed by atoms with Crippen LogP contribution < -0.4 is 5.32 Å². The summed E-state index contributed by atoms with van der Waals surface area (Å²) in [7, 11) is 1.80. The Morgan fingerprint density at radius 2 is 1.81 bits per heavy atom. The van der Waals surface area contributed by atoms with Crippen LogP contribution in [0.3, 0.4) is 0 Å². The fraction of sp³-hybridized carbons (Fsp3) is 0.0800. The number of hydrogen-bond acceptors (Lipinski definition) is 3. The fourth-order valence-corrected chi connectivity index (χ4v) is 3.70. The van der Waals surface area contributed by atoms with Gasteiger partial charge in [0.1, 0.15) is 5.69 Å². The van der Waals surface area contributed by atoms with Crippen molar-refractivity contribution in [2.45, 2.75) is 6.92 Å². The number of aryl methyl sites for hydroxylation is 2. The molecular formula is C25H19N3O3. The topological polar surface area (TPSA) is 95.1 Å². The Morgan fingerprint density at radius 3 is 2.52 bits per heavy atom. The lowest BCUT2D eigenvalue weighted by molar-refractivity contribution is 0.0698. The van der Waals surface area contributed by atoms with E-state index in [1.165, 1.54) is 18.2 Å². The smallest absolute Gasteiger partial charge is 0.337 e. The summed E-state index contributed by atoms with van der Waals surface area (Å²) in [5.41, 5.74) is 4.86. The molecule has 0 atom stereocenters. The van der Waals surface area contributed by atoms with Gasteiger partial charge in [-0.05, 0) is 53.9 Å². The molecule has 0 saturated carbocycles. The average Bonchev–Trinajstić information content (AvgIpc) is 3.10. The molecule has 0 spiro atoms. The fourth-order valence-electron chi connectivity index (χ4n) is 3.70. The largest absolute Gasteiger partial charge is 0.478 e. The molecule has 1 aromatic heterocycles. The monoisotopic (exact) mass is 409 g/mol. The van der Waals surface area contributed by atoms with Gasteiger partial charge < -0.3 is 15.0 Å². The van der Waals surface area contributed by atoms with Gasteiger partial charge in [0.05, 0.1) is 22.9 Å². The van der Waals surface area contributed by atoms with Crippen LogP contribution >= 0.6 is 0 Å². The summed E-state index contributed by atoms with van der Waals surface area (Å²) in [6, 6.07) is 22.0. The number of hydrogen-bond donors (Lipinski definition) is 2. The summed E-state index contributed by atoms with van der Waals surface area (Å²) < 4.78 is 1.79. The number of nitrogens with one attached hydrogen (secondary N) is 1. The number of carboxylic acid groups (broad SMARTS) is 1. The molecule has 0 aliphatic rings. The molecule has 4 aromatic rings. The van der Waals surface area contributed by atoms with E-state index in [1.54, 1.807) is 17.7 Å². The van der Waals surface area contributed by atoms with Crippen LogP contribution in [-0.4, -0.2) is 21.6 Å². The molecule has 0 aliphatic heterocycles. The molecule has 0 saturated heterocycles. The van der Waals surface area contributed by atoms with Crippen molar-refractivity contribution in [2.75, 3.05) is 5.32 Å². The molecule has 152 valence electrons. The van der Waals surface area contributed by atoms with Crippen molar-refractivity contribution in [1.29, 1.82) is 5.26 Å². The number of nitrogens with zero attached hydrogens (tertiary/aromatic N) is 2. The standard InChI is InChI=1S/C25H19N3O3/c1-15-5-3-4-6-19(15)17-8-9-18-13-23(28(2)22(18)12-17)24(29)27-21-10-7-16(14-26)11-20(21)25(30)31/h3-13H,1-2H3,(H,27,29)(H,30,31). The van der Waals surface area contributed by atoms with Gasteiger partial charge in [0.2, 0.25) is 0 Å². The Bertz CT molecular complexity index is 1390. The number of benzene rings is 3. The second kappa shape index (κ2) is 7.81. The Labute approximate surface area is 179 Å². The van der Waals surface area contributed by atoms with E-state index >= 15 is 0 Å². The number of aromatic carboxylic acids is 1. The summed E-state index contributed by atoms with van der Waals surface area (Å²) in [6.07, 6.45) is 0. The number of carbonyl (C=O) groups excluding carboxylic acids is 1. The zero-order chi connectivity index (χ0) is 22.1. The van der Waals surface area contributed by atoms with Gasteiger partial charge in [0.15, 0.2) is 0 Å². The third kappa shape index (κ3) is 3.65.